The average Bonchev–Trinajstić information content (AvgIpc) is 3.37. The first-order valence-corrected chi connectivity index (χ1v) is 11.2. The summed E-state index contributed by atoms with van der Waals surface area (Å²) in [7, 11) is 0. The van der Waals surface area contributed by atoms with E-state index in [-0.39, 0.29) is 5.56 Å². The molecule has 0 radical (unpaired) electrons. The van der Waals surface area contributed by atoms with Gasteiger partial charge in [0.2, 0.25) is 5.89 Å². The van der Waals surface area contributed by atoms with Crippen LogP contribution in [-0.2, 0) is 18.7 Å². The first kappa shape index (κ1) is 19.6. The van der Waals surface area contributed by atoms with Crippen LogP contribution >= 0.6 is 23.1 Å². The Kier molecular flexibility index (Phi) is 5.92. The second-order valence-corrected chi connectivity index (χ2v) is 8.24. The van der Waals surface area contributed by atoms with Crippen LogP contribution in [0.5, 0.6) is 0 Å². The molecule has 3 heterocycles. The fourth-order valence-corrected chi connectivity index (χ4v) is 4.87. The van der Waals surface area contributed by atoms with Crippen molar-refractivity contribution in [1.82, 2.24) is 19.7 Å². The maximum atomic E-state index is 13.3. The molecule has 0 spiro atoms. The highest BCUT2D eigenvalue weighted by Gasteiger charge is 2.18. The van der Waals surface area contributed by atoms with Gasteiger partial charge in [0.05, 0.1) is 11.1 Å². The van der Waals surface area contributed by atoms with Crippen LogP contribution in [0.3, 0.4) is 0 Å². The molecule has 0 aliphatic carbocycles. The van der Waals surface area contributed by atoms with E-state index in [0.717, 1.165) is 28.8 Å². The largest absolute Gasteiger partial charge is 0.338 e. The van der Waals surface area contributed by atoms with Crippen LogP contribution < -0.4 is 5.56 Å². The first-order chi connectivity index (χ1) is 14.2. The van der Waals surface area contributed by atoms with Crippen molar-refractivity contribution in [3.63, 3.8) is 0 Å². The predicted octanol–water partition coefficient (Wildman–Crippen LogP) is 4.94. The molecule has 0 amide bonds. The van der Waals surface area contributed by atoms with Gasteiger partial charge in [-0.2, -0.15) is 4.98 Å². The van der Waals surface area contributed by atoms with E-state index in [9.17, 15) is 4.79 Å². The van der Waals surface area contributed by atoms with Gasteiger partial charge in [-0.15, -0.1) is 17.9 Å². The number of nitrogens with zero attached hydrogens (tertiary/aromatic N) is 4. The minimum atomic E-state index is -0.0605. The predicted molar refractivity (Wildman–Crippen MR) is 117 cm³/mol. The van der Waals surface area contributed by atoms with E-state index in [0.29, 0.717) is 34.6 Å². The van der Waals surface area contributed by atoms with Gasteiger partial charge in [0.1, 0.15) is 4.83 Å². The summed E-state index contributed by atoms with van der Waals surface area (Å²) >= 11 is 2.90. The van der Waals surface area contributed by atoms with Crippen molar-refractivity contribution in [2.45, 2.75) is 37.2 Å². The van der Waals surface area contributed by atoms with Gasteiger partial charge in [0, 0.05) is 23.9 Å². The standard InChI is InChI=1S/C21H20N4O2S2/c1-3-8-16-22-17(27-24-16)13-29-21-23-19-18(20(26)25(21)11-4-2)15(12-28-19)14-9-6-5-7-10-14/h4-7,9-10,12H,2-3,8,11,13H2,1H3. The van der Waals surface area contributed by atoms with Gasteiger partial charge in [-0.25, -0.2) is 4.98 Å². The maximum absolute atomic E-state index is 13.3. The average molecular weight is 425 g/mol. The van der Waals surface area contributed by atoms with Crippen LogP contribution in [0, 0.1) is 0 Å². The molecule has 0 atom stereocenters. The second-order valence-electron chi connectivity index (χ2n) is 6.44. The van der Waals surface area contributed by atoms with Crippen molar-refractivity contribution in [1.29, 1.82) is 0 Å². The second kappa shape index (κ2) is 8.75. The molecule has 0 aliphatic rings. The molecule has 0 unspecified atom stereocenters. The number of benzene rings is 1. The third-order valence-corrected chi connectivity index (χ3v) is 6.20. The van der Waals surface area contributed by atoms with Crippen molar-refractivity contribution in [2.24, 2.45) is 0 Å². The molecule has 0 N–H and O–H groups in total. The molecule has 148 valence electrons. The molecular formula is C21H20N4O2S2. The van der Waals surface area contributed by atoms with Gasteiger partial charge < -0.3 is 4.52 Å². The third-order valence-electron chi connectivity index (χ3n) is 4.36. The number of hydrogen-bond donors (Lipinski definition) is 0. The summed E-state index contributed by atoms with van der Waals surface area (Å²) in [5.74, 6) is 1.71. The summed E-state index contributed by atoms with van der Waals surface area (Å²) in [5.41, 5.74) is 1.87. The SMILES string of the molecule is C=CCn1c(SCc2nc(CCC)no2)nc2scc(-c3ccccc3)c2c1=O. The van der Waals surface area contributed by atoms with Crippen LogP contribution in [-0.4, -0.2) is 19.7 Å². The minimum absolute atomic E-state index is 0.0605. The Hall–Kier alpha value is -2.71. The lowest BCUT2D eigenvalue weighted by molar-refractivity contribution is 0.384. The smallest absolute Gasteiger partial charge is 0.263 e. The highest BCUT2D eigenvalue weighted by atomic mass is 32.2. The van der Waals surface area contributed by atoms with E-state index in [4.69, 9.17) is 9.51 Å². The summed E-state index contributed by atoms with van der Waals surface area (Å²) in [6.07, 6.45) is 3.46. The van der Waals surface area contributed by atoms with Crippen molar-refractivity contribution in [3.05, 3.63) is 70.4 Å². The normalized spacial score (nSPS) is 11.2. The van der Waals surface area contributed by atoms with E-state index >= 15 is 0 Å². The number of aromatic nitrogens is 4. The van der Waals surface area contributed by atoms with E-state index in [1.54, 1.807) is 10.6 Å². The topological polar surface area (TPSA) is 73.8 Å². The van der Waals surface area contributed by atoms with Gasteiger partial charge >= 0.3 is 0 Å². The van der Waals surface area contributed by atoms with Gasteiger partial charge in [-0.1, -0.05) is 60.3 Å². The summed E-state index contributed by atoms with van der Waals surface area (Å²) in [4.78, 5) is 23.2. The molecule has 0 fully saturated rings. The molecule has 0 saturated carbocycles. The zero-order valence-electron chi connectivity index (χ0n) is 16.0. The Morgan fingerprint density at radius 2 is 2.10 bits per heavy atom. The van der Waals surface area contributed by atoms with Crippen LogP contribution in [0.2, 0.25) is 0 Å². The molecule has 8 heteroatoms. The minimum Gasteiger partial charge on any atom is -0.338 e. The number of thioether (sulfide) groups is 1. The molecule has 3 aromatic heterocycles. The van der Waals surface area contributed by atoms with Crippen molar-refractivity contribution < 1.29 is 4.52 Å². The molecule has 6 nitrogen and oxygen atoms in total. The van der Waals surface area contributed by atoms with Crippen molar-refractivity contribution in [3.8, 4) is 11.1 Å². The van der Waals surface area contributed by atoms with Crippen LogP contribution in [0.25, 0.3) is 21.3 Å². The number of aryl methyl sites for hydroxylation is 1. The molecular weight excluding hydrogens is 404 g/mol. The number of thiophene rings is 1. The van der Waals surface area contributed by atoms with Gasteiger partial charge in [-0.05, 0) is 12.0 Å². The first-order valence-electron chi connectivity index (χ1n) is 9.33. The number of allylic oxidation sites excluding steroid dienone is 1. The Morgan fingerprint density at radius 1 is 1.28 bits per heavy atom. The van der Waals surface area contributed by atoms with Crippen LogP contribution in [0.15, 0.2) is 62.8 Å². The lowest BCUT2D eigenvalue weighted by Gasteiger charge is -2.10. The zero-order chi connectivity index (χ0) is 20.2. The van der Waals surface area contributed by atoms with Crippen LogP contribution in [0.4, 0.5) is 0 Å². The molecule has 1 aromatic carbocycles. The van der Waals surface area contributed by atoms with Crippen molar-refractivity contribution >= 4 is 33.3 Å². The molecule has 0 saturated heterocycles. The Bertz CT molecular complexity index is 1190. The molecule has 0 aliphatic heterocycles. The Balaban J connectivity index is 1.71. The fraction of sp³-hybridized carbons (Fsp3) is 0.238. The van der Waals surface area contributed by atoms with Gasteiger partial charge in [-0.3, -0.25) is 9.36 Å². The third kappa shape index (κ3) is 4.04. The highest BCUT2D eigenvalue weighted by molar-refractivity contribution is 7.98. The summed E-state index contributed by atoms with van der Waals surface area (Å²) in [5, 5.41) is 7.25. The summed E-state index contributed by atoms with van der Waals surface area (Å²) in [6, 6.07) is 9.91. The van der Waals surface area contributed by atoms with E-state index in [2.05, 4.69) is 23.6 Å². The molecule has 4 rings (SSSR count). The van der Waals surface area contributed by atoms with E-state index in [1.165, 1.54) is 23.1 Å². The van der Waals surface area contributed by atoms with E-state index in [1.807, 2.05) is 35.7 Å². The summed E-state index contributed by atoms with van der Waals surface area (Å²) < 4.78 is 6.96. The Labute approximate surface area is 176 Å². The van der Waals surface area contributed by atoms with Gasteiger partial charge in [0.25, 0.3) is 5.56 Å². The molecule has 4 aromatic rings. The number of rotatable bonds is 8. The Morgan fingerprint density at radius 3 is 2.86 bits per heavy atom. The lowest BCUT2D eigenvalue weighted by atomic mass is 10.1. The monoisotopic (exact) mass is 424 g/mol. The maximum Gasteiger partial charge on any atom is 0.263 e. The zero-order valence-corrected chi connectivity index (χ0v) is 17.6. The molecule has 29 heavy (non-hydrogen) atoms. The highest BCUT2D eigenvalue weighted by Crippen LogP contribution is 2.32. The summed E-state index contributed by atoms with van der Waals surface area (Å²) in [6.45, 7) is 6.25. The number of fused-ring (bicyclic) bond motifs is 1. The molecule has 0 bridgehead atoms. The van der Waals surface area contributed by atoms with Crippen molar-refractivity contribution in [2.75, 3.05) is 0 Å². The number of hydrogen-bond acceptors (Lipinski definition) is 7. The lowest BCUT2D eigenvalue weighted by Crippen LogP contribution is -2.22. The van der Waals surface area contributed by atoms with Gasteiger partial charge in [0.15, 0.2) is 11.0 Å². The van der Waals surface area contributed by atoms with E-state index < -0.39 is 0 Å². The van der Waals surface area contributed by atoms with Crippen LogP contribution in [0.1, 0.15) is 25.1 Å². The quantitative estimate of drug-likeness (QED) is 0.227. The fourth-order valence-electron chi connectivity index (χ4n) is 3.04.